The minimum Gasteiger partial charge on any atom is -0.385 e. The third-order valence-electron chi connectivity index (χ3n) is 6.24. The molecule has 3 rings (SSSR count). The molecule has 1 nitrogen and oxygen atoms in total. The van der Waals surface area contributed by atoms with Crippen LogP contribution >= 0.6 is 0 Å². The molecule has 27 heavy (non-hydrogen) atoms. The summed E-state index contributed by atoms with van der Waals surface area (Å²) in [6.45, 7) is 5.59. The van der Waals surface area contributed by atoms with Gasteiger partial charge >= 0.3 is 0 Å². The van der Waals surface area contributed by atoms with Gasteiger partial charge in [-0.25, -0.2) is 0 Å². The molecule has 0 saturated carbocycles. The van der Waals surface area contributed by atoms with E-state index in [1.807, 2.05) is 0 Å². The lowest BCUT2D eigenvalue weighted by Gasteiger charge is -2.48. The van der Waals surface area contributed by atoms with E-state index < -0.39 is 0 Å². The highest BCUT2D eigenvalue weighted by molar-refractivity contribution is 5.47. The molecule has 0 saturated heterocycles. The second-order valence-corrected chi connectivity index (χ2v) is 7.65. The van der Waals surface area contributed by atoms with Crippen molar-refractivity contribution < 1.29 is 4.74 Å². The third kappa shape index (κ3) is 3.70. The summed E-state index contributed by atoms with van der Waals surface area (Å²) in [6, 6.07) is 32.8. The van der Waals surface area contributed by atoms with Crippen molar-refractivity contribution >= 4 is 0 Å². The Balaban J connectivity index is 2.22. The molecule has 3 aromatic rings. The lowest BCUT2D eigenvalue weighted by Crippen LogP contribution is -2.46. The second-order valence-electron chi connectivity index (χ2n) is 7.65. The van der Waals surface area contributed by atoms with Gasteiger partial charge in [-0.05, 0) is 29.5 Å². The lowest BCUT2D eigenvalue weighted by molar-refractivity contribution is 0.172. The zero-order valence-electron chi connectivity index (χ0n) is 16.7. The summed E-state index contributed by atoms with van der Waals surface area (Å²) in [4.78, 5) is 0. The maximum atomic E-state index is 5.40. The molecule has 0 radical (unpaired) electrons. The van der Waals surface area contributed by atoms with Crippen LogP contribution in [0.5, 0.6) is 0 Å². The molecule has 0 fully saturated rings. The Bertz CT molecular complexity index is 771. The summed E-state index contributed by atoms with van der Waals surface area (Å²) in [5.74, 6) is 0. The van der Waals surface area contributed by atoms with Crippen LogP contribution in [0.15, 0.2) is 91.0 Å². The van der Waals surface area contributed by atoms with Crippen LogP contribution in [0.1, 0.15) is 43.4 Å². The summed E-state index contributed by atoms with van der Waals surface area (Å²) in [5, 5.41) is 0. The molecule has 0 bridgehead atoms. The Morgan fingerprint density at radius 1 is 0.630 bits per heavy atom. The Morgan fingerprint density at radius 3 is 1.44 bits per heavy atom. The first-order valence-electron chi connectivity index (χ1n) is 9.78. The van der Waals surface area contributed by atoms with E-state index in [4.69, 9.17) is 4.74 Å². The van der Waals surface area contributed by atoms with Gasteiger partial charge in [0.25, 0.3) is 0 Å². The monoisotopic (exact) mass is 358 g/mol. The average Bonchev–Trinajstić information content (AvgIpc) is 2.75. The molecule has 0 N–H and O–H groups in total. The predicted octanol–water partition coefficient (Wildman–Crippen LogP) is 6.38. The molecule has 0 aliphatic rings. The van der Waals surface area contributed by atoms with Crippen molar-refractivity contribution in [1.29, 1.82) is 0 Å². The number of methoxy groups -OCH3 is 1. The van der Waals surface area contributed by atoms with Gasteiger partial charge in [0.1, 0.15) is 0 Å². The van der Waals surface area contributed by atoms with Crippen molar-refractivity contribution in [2.24, 2.45) is 0 Å². The Labute approximate surface area is 164 Å². The molecular formula is C26H30O. The lowest BCUT2D eigenvalue weighted by atomic mass is 9.54. The van der Waals surface area contributed by atoms with Crippen LogP contribution < -0.4 is 0 Å². The molecule has 1 unspecified atom stereocenters. The van der Waals surface area contributed by atoms with E-state index >= 15 is 0 Å². The zero-order valence-corrected chi connectivity index (χ0v) is 16.7. The first-order valence-corrected chi connectivity index (χ1v) is 9.78. The number of hydrogen-bond acceptors (Lipinski definition) is 1. The zero-order chi connectivity index (χ0) is 19.2. The topological polar surface area (TPSA) is 9.23 Å². The van der Waals surface area contributed by atoms with E-state index in [0.717, 1.165) is 19.4 Å². The SMILES string of the molecule is COCCCC(C)(c1ccccc1)C(C)(c1ccccc1)c1ccccc1. The van der Waals surface area contributed by atoms with Crippen LogP contribution in [0.2, 0.25) is 0 Å². The van der Waals surface area contributed by atoms with Crippen LogP contribution in [-0.4, -0.2) is 13.7 Å². The van der Waals surface area contributed by atoms with Crippen molar-refractivity contribution in [3.63, 3.8) is 0 Å². The minimum absolute atomic E-state index is 0.0739. The van der Waals surface area contributed by atoms with Gasteiger partial charge in [-0.15, -0.1) is 0 Å². The van der Waals surface area contributed by atoms with E-state index in [0.29, 0.717) is 0 Å². The Kier molecular flexibility index (Phi) is 6.13. The van der Waals surface area contributed by atoms with Crippen LogP contribution in [0, 0.1) is 0 Å². The molecule has 1 heteroatoms. The van der Waals surface area contributed by atoms with Gasteiger partial charge in [0.05, 0.1) is 0 Å². The van der Waals surface area contributed by atoms with Crippen molar-refractivity contribution in [3.8, 4) is 0 Å². The van der Waals surface area contributed by atoms with Crippen LogP contribution in [-0.2, 0) is 15.6 Å². The van der Waals surface area contributed by atoms with E-state index in [1.165, 1.54) is 16.7 Å². The van der Waals surface area contributed by atoms with E-state index in [9.17, 15) is 0 Å². The quantitative estimate of drug-likeness (QED) is 0.425. The Morgan fingerprint density at radius 2 is 1.04 bits per heavy atom. The van der Waals surface area contributed by atoms with Gasteiger partial charge in [-0.3, -0.25) is 0 Å². The smallest absolute Gasteiger partial charge is 0.0462 e. The maximum absolute atomic E-state index is 5.40. The summed E-state index contributed by atoms with van der Waals surface area (Å²) in [5.41, 5.74) is 3.83. The molecule has 1 atom stereocenters. The standard InChI is InChI=1S/C26H30O/c1-25(20-13-21-27-3,22-14-7-4-8-15-22)26(2,23-16-9-5-10-17-23)24-18-11-6-12-19-24/h4-12,14-19H,13,20-21H2,1-3H3. The molecule has 0 aromatic heterocycles. The van der Waals surface area contributed by atoms with Gasteiger partial charge in [-0.2, -0.15) is 0 Å². The first-order chi connectivity index (χ1) is 13.1. The van der Waals surface area contributed by atoms with E-state index in [1.54, 1.807) is 7.11 Å². The summed E-state index contributed by atoms with van der Waals surface area (Å²) >= 11 is 0. The van der Waals surface area contributed by atoms with Gasteiger partial charge in [-0.1, -0.05) is 105 Å². The highest BCUT2D eigenvalue weighted by Gasteiger charge is 2.47. The fraction of sp³-hybridized carbons (Fsp3) is 0.308. The highest BCUT2D eigenvalue weighted by Crippen LogP contribution is 2.51. The second kappa shape index (κ2) is 8.54. The van der Waals surface area contributed by atoms with Gasteiger partial charge in [0.2, 0.25) is 0 Å². The fourth-order valence-corrected chi connectivity index (χ4v) is 4.41. The van der Waals surface area contributed by atoms with Gasteiger partial charge < -0.3 is 4.74 Å². The Hall–Kier alpha value is -2.38. The fourth-order valence-electron chi connectivity index (χ4n) is 4.41. The summed E-state index contributed by atoms with van der Waals surface area (Å²) < 4.78 is 5.40. The van der Waals surface area contributed by atoms with Crippen LogP contribution in [0.4, 0.5) is 0 Å². The van der Waals surface area contributed by atoms with Crippen molar-refractivity contribution in [2.75, 3.05) is 13.7 Å². The van der Waals surface area contributed by atoms with Crippen molar-refractivity contribution in [2.45, 2.75) is 37.5 Å². The molecule has 3 aromatic carbocycles. The van der Waals surface area contributed by atoms with Crippen molar-refractivity contribution in [3.05, 3.63) is 108 Å². The largest absolute Gasteiger partial charge is 0.385 e. The number of hydrogen-bond donors (Lipinski definition) is 0. The average molecular weight is 359 g/mol. The van der Waals surface area contributed by atoms with Crippen LogP contribution in [0.25, 0.3) is 0 Å². The predicted molar refractivity (Wildman–Crippen MR) is 114 cm³/mol. The van der Waals surface area contributed by atoms with Crippen LogP contribution in [0.3, 0.4) is 0 Å². The highest BCUT2D eigenvalue weighted by atomic mass is 16.5. The maximum Gasteiger partial charge on any atom is 0.0462 e. The number of ether oxygens (including phenoxy) is 1. The molecule has 0 spiro atoms. The number of benzene rings is 3. The van der Waals surface area contributed by atoms with Crippen molar-refractivity contribution in [1.82, 2.24) is 0 Å². The normalized spacial score (nSPS) is 13.9. The third-order valence-corrected chi connectivity index (χ3v) is 6.24. The van der Waals surface area contributed by atoms with Gasteiger partial charge in [0.15, 0.2) is 0 Å². The van der Waals surface area contributed by atoms with E-state index in [-0.39, 0.29) is 10.8 Å². The molecule has 0 amide bonds. The molecule has 140 valence electrons. The van der Waals surface area contributed by atoms with E-state index in [2.05, 4.69) is 105 Å². The number of rotatable bonds is 8. The molecule has 0 heterocycles. The summed E-state index contributed by atoms with van der Waals surface area (Å²) in [6.07, 6.45) is 2.07. The molecular weight excluding hydrogens is 328 g/mol. The first kappa shape index (κ1) is 19.4. The summed E-state index contributed by atoms with van der Waals surface area (Å²) in [7, 11) is 1.79. The van der Waals surface area contributed by atoms with Gasteiger partial charge in [0, 0.05) is 24.5 Å². The molecule has 0 aliphatic heterocycles. The minimum atomic E-state index is -0.162. The molecule has 0 aliphatic carbocycles.